The second-order valence-corrected chi connectivity index (χ2v) is 5.67. The molecule has 0 N–H and O–H groups in total. The van der Waals surface area contributed by atoms with Crippen LogP contribution in [-0.2, 0) is 9.53 Å². The molecule has 1 aliphatic heterocycles. The van der Waals surface area contributed by atoms with Gasteiger partial charge < -0.3 is 4.74 Å². The highest BCUT2D eigenvalue weighted by atomic mass is 16.5. The minimum atomic E-state index is -0.467. The molecule has 1 atom stereocenters. The van der Waals surface area contributed by atoms with Gasteiger partial charge in [-0.2, -0.15) is 0 Å². The van der Waals surface area contributed by atoms with Crippen LogP contribution < -0.4 is 0 Å². The van der Waals surface area contributed by atoms with Gasteiger partial charge in [-0.25, -0.2) is 0 Å². The van der Waals surface area contributed by atoms with Crippen LogP contribution in [0.15, 0.2) is 0 Å². The average molecular weight is 198 g/mol. The third-order valence-corrected chi connectivity index (χ3v) is 2.91. The van der Waals surface area contributed by atoms with E-state index in [2.05, 4.69) is 20.8 Å². The Balaban J connectivity index is 2.42. The second-order valence-electron chi connectivity index (χ2n) is 5.67. The standard InChI is InChI=1S/C12H22O2/c1-11(2,3)8-6-10(13)12(4)7-5-9-14-12/h5-9H2,1-4H3. The number of hydrogen-bond acceptors (Lipinski definition) is 2. The fourth-order valence-electron chi connectivity index (χ4n) is 1.75. The van der Waals surface area contributed by atoms with Gasteiger partial charge in [0.05, 0.1) is 0 Å². The largest absolute Gasteiger partial charge is 0.368 e. The molecule has 0 amide bonds. The molecular weight excluding hydrogens is 176 g/mol. The Morgan fingerprint density at radius 2 is 2.07 bits per heavy atom. The topological polar surface area (TPSA) is 26.3 Å². The van der Waals surface area contributed by atoms with Crippen LogP contribution >= 0.6 is 0 Å². The molecular formula is C12H22O2. The summed E-state index contributed by atoms with van der Waals surface area (Å²) in [5.74, 6) is 0.282. The number of hydrogen-bond donors (Lipinski definition) is 0. The summed E-state index contributed by atoms with van der Waals surface area (Å²) in [6, 6.07) is 0. The Kier molecular flexibility index (Phi) is 3.36. The van der Waals surface area contributed by atoms with E-state index < -0.39 is 5.60 Å². The second kappa shape index (κ2) is 4.01. The minimum absolute atomic E-state index is 0.241. The highest BCUT2D eigenvalue weighted by molar-refractivity contribution is 5.87. The Morgan fingerprint density at radius 1 is 1.43 bits per heavy atom. The lowest BCUT2D eigenvalue weighted by Crippen LogP contribution is -2.34. The smallest absolute Gasteiger partial charge is 0.164 e. The average Bonchev–Trinajstić information content (AvgIpc) is 2.48. The Labute approximate surface area is 87.0 Å². The van der Waals surface area contributed by atoms with Crippen molar-refractivity contribution in [3.05, 3.63) is 0 Å². The molecule has 1 unspecified atom stereocenters. The van der Waals surface area contributed by atoms with Gasteiger partial charge in [0.1, 0.15) is 5.60 Å². The van der Waals surface area contributed by atoms with Crippen molar-refractivity contribution in [2.24, 2.45) is 5.41 Å². The van der Waals surface area contributed by atoms with Crippen LogP contribution in [0.1, 0.15) is 53.4 Å². The van der Waals surface area contributed by atoms with Gasteiger partial charge in [0.25, 0.3) is 0 Å². The van der Waals surface area contributed by atoms with Crippen LogP contribution in [-0.4, -0.2) is 18.0 Å². The molecule has 2 heteroatoms. The molecule has 0 aromatic rings. The van der Waals surface area contributed by atoms with Crippen molar-refractivity contribution in [2.45, 2.75) is 59.0 Å². The number of carbonyl (C=O) groups excluding carboxylic acids is 1. The molecule has 82 valence electrons. The van der Waals surface area contributed by atoms with E-state index in [1.807, 2.05) is 6.92 Å². The normalized spacial score (nSPS) is 28.0. The number of Topliss-reactive ketones (excluding diaryl/α,β-unsaturated/α-hetero) is 1. The van der Waals surface area contributed by atoms with Crippen LogP contribution in [0.2, 0.25) is 0 Å². The molecule has 0 spiro atoms. The molecule has 0 bridgehead atoms. The third kappa shape index (κ3) is 3.09. The fraction of sp³-hybridized carbons (Fsp3) is 0.917. The van der Waals surface area contributed by atoms with E-state index in [-0.39, 0.29) is 11.2 Å². The quantitative estimate of drug-likeness (QED) is 0.697. The van der Waals surface area contributed by atoms with Gasteiger partial charge in [-0.15, -0.1) is 0 Å². The van der Waals surface area contributed by atoms with Gasteiger partial charge in [-0.05, 0) is 31.6 Å². The molecule has 0 saturated carbocycles. The molecule has 14 heavy (non-hydrogen) atoms. The minimum Gasteiger partial charge on any atom is -0.368 e. The molecule has 0 aliphatic carbocycles. The molecule has 1 fully saturated rings. The van der Waals surface area contributed by atoms with Crippen molar-refractivity contribution in [3.63, 3.8) is 0 Å². The molecule has 1 heterocycles. The summed E-state index contributed by atoms with van der Waals surface area (Å²) in [7, 11) is 0. The van der Waals surface area contributed by atoms with E-state index >= 15 is 0 Å². The summed E-state index contributed by atoms with van der Waals surface area (Å²) >= 11 is 0. The molecule has 1 aliphatic rings. The van der Waals surface area contributed by atoms with Crippen molar-refractivity contribution in [1.82, 2.24) is 0 Å². The van der Waals surface area contributed by atoms with E-state index in [9.17, 15) is 4.79 Å². The zero-order valence-corrected chi connectivity index (χ0v) is 9.85. The lowest BCUT2D eigenvalue weighted by Gasteiger charge is -2.24. The summed E-state index contributed by atoms with van der Waals surface area (Å²) < 4.78 is 5.52. The summed E-state index contributed by atoms with van der Waals surface area (Å²) in [4.78, 5) is 11.9. The lowest BCUT2D eigenvalue weighted by atomic mass is 9.85. The van der Waals surface area contributed by atoms with Crippen LogP contribution in [0.4, 0.5) is 0 Å². The van der Waals surface area contributed by atoms with Gasteiger partial charge in [0, 0.05) is 13.0 Å². The summed E-state index contributed by atoms with van der Waals surface area (Å²) in [6.45, 7) is 9.18. The maximum Gasteiger partial charge on any atom is 0.164 e. The van der Waals surface area contributed by atoms with Crippen molar-refractivity contribution in [3.8, 4) is 0 Å². The van der Waals surface area contributed by atoms with E-state index in [0.29, 0.717) is 6.42 Å². The molecule has 2 nitrogen and oxygen atoms in total. The van der Waals surface area contributed by atoms with Crippen LogP contribution in [0.5, 0.6) is 0 Å². The highest BCUT2D eigenvalue weighted by Crippen LogP contribution is 2.30. The van der Waals surface area contributed by atoms with Crippen LogP contribution in [0, 0.1) is 5.41 Å². The van der Waals surface area contributed by atoms with Gasteiger partial charge in [0.2, 0.25) is 0 Å². The predicted octanol–water partition coefficient (Wildman–Crippen LogP) is 2.95. The zero-order valence-electron chi connectivity index (χ0n) is 9.85. The van der Waals surface area contributed by atoms with E-state index in [1.165, 1.54) is 0 Å². The predicted molar refractivity (Wildman–Crippen MR) is 57.3 cm³/mol. The highest BCUT2D eigenvalue weighted by Gasteiger charge is 2.37. The number of ether oxygens (including phenoxy) is 1. The van der Waals surface area contributed by atoms with E-state index in [4.69, 9.17) is 4.74 Å². The van der Waals surface area contributed by atoms with Gasteiger partial charge >= 0.3 is 0 Å². The number of carbonyl (C=O) groups is 1. The molecule has 0 aromatic heterocycles. The Morgan fingerprint density at radius 3 is 2.50 bits per heavy atom. The maximum absolute atomic E-state index is 11.9. The van der Waals surface area contributed by atoms with E-state index in [0.717, 1.165) is 25.9 Å². The SMILES string of the molecule is CC(C)(C)CCC(=O)C1(C)CCCO1. The zero-order chi connectivity index (χ0) is 10.8. The van der Waals surface area contributed by atoms with Gasteiger partial charge in [-0.3, -0.25) is 4.79 Å². The van der Waals surface area contributed by atoms with Gasteiger partial charge in [0.15, 0.2) is 5.78 Å². The van der Waals surface area contributed by atoms with Crippen molar-refractivity contribution >= 4 is 5.78 Å². The Hall–Kier alpha value is -0.370. The molecule has 1 saturated heterocycles. The lowest BCUT2D eigenvalue weighted by molar-refractivity contribution is -0.137. The summed E-state index contributed by atoms with van der Waals surface area (Å²) in [5.41, 5.74) is -0.226. The van der Waals surface area contributed by atoms with Crippen molar-refractivity contribution in [2.75, 3.05) is 6.61 Å². The summed E-state index contributed by atoms with van der Waals surface area (Å²) in [5, 5.41) is 0. The first-order valence-electron chi connectivity index (χ1n) is 5.51. The maximum atomic E-state index is 11.9. The molecule has 1 rings (SSSR count). The Bertz CT molecular complexity index is 207. The molecule has 0 aromatic carbocycles. The first-order chi connectivity index (χ1) is 6.33. The fourth-order valence-corrected chi connectivity index (χ4v) is 1.75. The summed E-state index contributed by atoms with van der Waals surface area (Å²) in [6.07, 6.45) is 3.53. The van der Waals surface area contributed by atoms with Gasteiger partial charge in [-0.1, -0.05) is 20.8 Å². The van der Waals surface area contributed by atoms with Crippen molar-refractivity contribution in [1.29, 1.82) is 0 Å². The first kappa shape index (κ1) is 11.7. The van der Waals surface area contributed by atoms with Crippen LogP contribution in [0.25, 0.3) is 0 Å². The number of rotatable bonds is 3. The number of ketones is 1. The van der Waals surface area contributed by atoms with Crippen LogP contribution in [0.3, 0.4) is 0 Å². The monoisotopic (exact) mass is 198 g/mol. The van der Waals surface area contributed by atoms with Crippen molar-refractivity contribution < 1.29 is 9.53 Å². The first-order valence-corrected chi connectivity index (χ1v) is 5.51. The third-order valence-electron chi connectivity index (χ3n) is 2.91. The molecule has 0 radical (unpaired) electrons. The van der Waals surface area contributed by atoms with E-state index in [1.54, 1.807) is 0 Å².